The number of hydrogen-bond donors (Lipinski definition) is 1. The van der Waals surface area contributed by atoms with E-state index in [2.05, 4.69) is 22.2 Å². The maximum atomic E-state index is 12.9. The predicted molar refractivity (Wildman–Crippen MR) is 97.8 cm³/mol. The van der Waals surface area contributed by atoms with Gasteiger partial charge in [0.2, 0.25) is 17.7 Å². The predicted octanol–water partition coefficient (Wildman–Crippen LogP) is 1.46. The second kappa shape index (κ2) is 6.02. The molecule has 7 nitrogen and oxygen atoms in total. The number of hydrogen-bond acceptors (Lipinski definition) is 5. The van der Waals surface area contributed by atoms with Gasteiger partial charge in [0.1, 0.15) is 6.54 Å². The normalized spacial score (nSPS) is 34.1. The van der Waals surface area contributed by atoms with E-state index in [9.17, 15) is 19.2 Å². The van der Waals surface area contributed by atoms with E-state index in [1.807, 2.05) is 0 Å². The molecule has 0 aromatic heterocycles. The summed E-state index contributed by atoms with van der Waals surface area (Å²) in [6, 6.07) is 6.33. The summed E-state index contributed by atoms with van der Waals surface area (Å²) in [4.78, 5) is 51.0. The van der Waals surface area contributed by atoms with Crippen LogP contribution in [0, 0.1) is 35.5 Å². The molecule has 1 heterocycles. The van der Waals surface area contributed by atoms with E-state index in [1.165, 1.54) is 13.2 Å². The van der Waals surface area contributed by atoms with Crippen LogP contribution in [-0.4, -0.2) is 42.2 Å². The van der Waals surface area contributed by atoms with E-state index in [-0.39, 0.29) is 42.0 Å². The van der Waals surface area contributed by atoms with Crippen molar-refractivity contribution >= 4 is 29.4 Å². The Labute approximate surface area is 161 Å². The monoisotopic (exact) mass is 380 g/mol. The van der Waals surface area contributed by atoms with Crippen molar-refractivity contribution in [2.75, 3.05) is 19.0 Å². The molecule has 7 heteroatoms. The fourth-order valence-electron chi connectivity index (χ4n) is 5.36. The lowest BCUT2D eigenvalue weighted by molar-refractivity contribution is -0.142. The molecule has 6 rings (SSSR count). The van der Waals surface area contributed by atoms with Crippen molar-refractivity contribution in [3.05, 3.63) is 42.0 Å². The number of ether oxygens (including phenoxy) is 1. The lowest BCUT2D eigenvalue weighted by atomic mass is 9.63. The topological polar surface area (TPSA) is 92.8 Å². The highest BCUT2D eigenvalue weighted by atomic mass is 16.5. The molecule has 28 heavy (non-hydrogen) atoms. The fraction of sp³-hybridized carbons (Fsp3) is 0.429. The van der Waals surface area contributed by atoms with Crippen molar-refractivity contribution in [3.63, 3.8) is 0 Å². The first-order chi connectivity index (χ1) is 13.5. The second-order valence-corrected chi connectivity index (χ2v) is 8.04. The molecule has 5 aliphatic rings. The Balaban J connectivity index is 1.29. The smallest absolute Gasteiger partial charge is 0.337 e. The Morgan fingerprint density at radius 1 is 1.11 bits per heavy atom. The zero-order valence-corrected chi connectivity index (χ0v) is 15.3. The number of imide groups is 1. The minimum atomic E-state index is -0.508. The maximum absolute atomic E-state index is 12.9. The molecule has 2 bridgehead atoms. The summed E-state index contributed by atoms with van der Waals surface area (Å²) in [7, 11) is 1.28. The van der Waals surface area contributed by atoms with Crippen LogP contribution in [0.4, 0.5) is 5.69 Å². The van der Waals surface area contributed by atoms with Gasteiger partial charge in [0.15, 0.2) is 0 Å². The molecular formula is C21H20N2O5. The third-order valence-electron chi connectivity index (χ3n) is 6.62. The minimum absolute atomic E-state index is 0.140. The standard InChI is InChI=1S/C21H20N2O5/c1-28-21(27)10-3-2-4-11(7-10)22-16(24)9-23-19(25)17-12-5-6-13(15-8-14(12)15)18(17)20(23)26/h2-7,12-15,17-18H,8-9H2,1H3,(H,22,24)/t12-,13-,14-,15-,17+,18+/m0/s1. The fourth-order valence-corrected chi connectivity index (χ4v) is 5.36. The van der Waals surface area contributed by atoms with Crippen LogP contribution in [0.3, 0.4) is 0 Å². The lowest BCUT2D eigenvalue weighted by Crippen LogP contribution is -2.40. The zero-order chi connectivity index (χ0) is 19.6. The number of nitrogens with zero attached hydrogens (tertiary/aromatic N) is 1. The average molecular weight is 380 g/mol. The van der Waals surface area contributed by atoms with Gasteiger partial charge in [0, 0.05) is 5.69 Å². The minimum Gasteiger partial charge on any atom is -0.465 e. The lowest BCUT2D eigenvalue weighted by Gasteiger charge is -2.37. The summed E-state index contributed by atoms with van der Waals surface area (Å²) < 4.78 is 4.67. The van der Waals surface area contributed by atoms with Crippen LogP contribution in [0.25, 0.3) is 0 Å². The molecule has 6 atom stereocenters. The highest BCUT2D eigenvalue weighted by molar-refractivity contribution is 6.09. The maximum Gasteiger partial charge on any atom is 0.337 e. The van der Waals surface area contributed by atoms with Crippen LogP contribution >= 0.6 is 0 Å². The van der Waals surface area contributed by atoms with Gasteiger partial charge in [-0.25, -0.2) is 4.79 Å². The quantitative estimate of drug-likeness (QED) is 0.485. The Morgan fingerprint density at radius 2 is 1.75 bits per heavy atom. The molecular weight excluding hydrogens is 360 g/mol. The number of likely N-dealkylation sites (tertiary alicyclic amines) is 1. The van der Waals surface area contributed by atoms with E-state index >= 15 is 0 Å². The molecule has 3 fully saturated rings. The molecule has 144 valence electrons. The molecule has 1 aromatic carbocycles. The zero-order valence-electron chi connectivity index (χ0n) is 15.3. The van der Waals surface area contributed by atoms with Crippen LogP contribution in [-0.2, 0) is 19.1 Å². The van der Waals surface area contributed by atoms with Gasteiger partial charge in [-0.15, -0.1) is 0 Å². The van der Waals surface area contributed by atoms with Crippen molar-refractivity contribution in [1.29, 1.82) is 0 Å². The summed E-state index contributed by atoms with van der Waals surface area (Å²) in [6.07, 6.45) is 5.31. The van der Waals surface area contributed by atoms with Gasteiger partial charge in [-0.3, -0.25) is 19.3 Å². The van der Waals surface area contributed by atoms with E-state index in [1.54, 1.807) is 18.2 Å². The van der Waals surface area contributed by atoms with Gasteiger partial charge in [-0.2, -0.15) is 0 Å². The molecule has 3 amide bonds. The first kappa shape index (κ1) is 17.2. The van der Waals surface area contributed by atoms with Crippen LogP contribution in [0.15, 0.2) is 36.4 Å². The van der Waals surface area contributed by atoms with Gasteiger partial charge < -0.3 is 10.1 Å². The highest BCUT2D eigenvalue weighted by Crippen LogP contribution is 2.65. The van der Waals surface area contributed by atoms with Crippen molar-refractivity contribution < 1.29 is 23.9 Å². The SMILES string of the molecule is COC(=O)c1cccc(NC(=O)CN2C(=O)[C@@H]3[C@H]4C=C[C@@H]([C@@H]5C[C@@H]45)[C@H]3C2=O)c1. The number of rotatable bonds is 4. The number of benzene rings is 1. The van der Waals surface area contributed by atoms with Crippen molar-refractivity contribution in [3.8, 4) is 0 Å². The molecule has 0 unspecified atom stereocenters. The van der Waals surface area contributed by atoms with Crippen LogP contribution in [0.1, 0.15) is 16.8 Å². The Bertz CT molecular complexity index is 902. The van der Waals surface area contributed by atoms with E-state index < -0.39 is 11.9 Å². The summed E-state index contributed by atoms with van der Waals surface area (Å²) in [5.41, 5.74) is 0.717. The number of carbonyl (C=O) groups excluding carboxylic acids is 4. The number of nitrogens with one attached hydrogen (secondary N) is 1. The van der Waals surface area contributed by atoms with Gasteiger partial charge >= 0.3 is 5.97 Å². The molecule has 1 N–H and O–H groups in total. The number of anilines is 1. The van der Waals surface area contributed by atoms with E-state index in [0.717, 1.165) is 11.3 Å². The first-order valence-electron chi connectivity index (χ1n) is 9.51. The Morgan fingerprint density at radius 3 is 2.36 bits per heavy atom. The van der Waals surface area contributed by atoms with Crippen LogP contribution in [0.2, 0.25) is 0 Å². The molecule has 1 aromatic rings. The average Bonchev–Trinajstić information content (AvgIpc) is 3.48. The highest BCUT2D eigenvalue weighted by Gasteiger charge is 2.67. The summed E-state index contributed by atoms with van der Waals surface area (Å²) >= 11 is 0. The number of allylic oxidation sites excluding steroid dienone is 2. The number of methoxy groups -OCH3 is 1. The van der Waals surface area contributed by atoms with Gasteiger partial charge in [0.05, 0.1) is 24.5 Å². The van der Waals surface area contributed by atoms with Gasteiger partial charge in [-0.1, -0.05) is 18.2 Å². The van der Waals surface area contributed by atoms with Crippen LogP contribution < -0.4 is 5.32 Å². The van der Waals surface area contributed by atoms with E-state index in [0.29, 0.717) is 23.1 Å². The van der Waals surface area contributed by atoms with Crippen molar-refractivity contribution in [2.45, 2.75) is 6.42 Å². The first-order valence-corrected chi connectivity index (χ1v) is 9.51. The van der Waals surface area contributed by atoms with Crippen LogP contribution in [0.5, 0.6) is 0 Å². The molecule has 0 spiro atoms. The Kier molecular flexibility index (Phi) is 3.69. The summed E-state index contributed by atoms with van der Waals surface area (Å²) in [6.45, 7) is -0.304. The van der Waals surface area contributed by atoms with Gasteiger partial charge in [0.25, 0.3) is 0 Å². The number of amides is 3. The third kappa shape index (κ3) is 2.42. The molecule has 1 aliphatic heterocycles. The largest absolute Gasteiger partial charge is 0.465 e. The second-order valence-electron chi connectivity index (χ2n) is 8.04. The van der Waals surface area contributed by atoms with Gasteiger partial charge in [-0.05, 0) is 48.3 Å². The molecule has 4 aliphatic carbocycles. The Hall–Kier alpha value is -2.96. The molecule has 2 saturated carbocycles. The van der Waals surface area contributed by atoms with Crippen molar-refractivity contribution in [1.82, 2.24) is 4.90 Å². The number of carbonyl (C=O) groups is 4. The number of esters is 1. The van der Waals surface area contributed by atoms with Crippen molar-refractivity contribution in [2.24, 2.45) is 35.5 Å². The van der Waals surface area contributed by atoms with E-state index in [4.69, 9.17) is 0 Å². The summed E-state index contributed by atoms with van der Waals surface area (Å²) in [5, 5.41) is 2.66. The third-order valence-corrected chi connectivity index (χ3v) is 6.62. The summed E-state index contributed by atoms with van der Waals surface area (Å²) in [5.74, 6) is -0.688. The molecule has 0 radical (unpaired) electrons. The molecule has 1 saturated heterocycles.